The molecule has 0 saturated heterocycles. The number of non-ortho nitro benzene ring substituents is 1. The molecule has 0 amide bonds. The van der Waals surface area contributed by atoms with Crippen LogP contribution in [0.2, 0.25) is 0 Å². The molecule has 0 fully saturated rings. The molecule has 0 N–H and O–H groups in total. The maximum absolute atomic E-state index is 11.2. The Morgan fingerprint density at radius 1 is 0.814 bits per heavy atom. The molecular formula is C36H52BrNO5. The fourth-order valence-corrected chi connectivity index (χ4v) is 4.24. The van der Waals surface area contributed by atoms with Gasteiger partial charge in [-0.25, -0.2) is 4.79 Å². The predicted octanol–water partition coefficient (Wildman–Crippen LogP) is 11.3. The Balaban J connectivity index is 0. The first kappa shape index (κ1) is 41.7. The van der Waals surface area contributed by atoms with Crippen LogP contribution in [0.15, 0.2) is 53.0 Å². The van der Waals surface area contributed by atoms with Crippen LogP contribution in [0, 0.1) is 30.9 Å². The molecule has 0 saturated carbocycles. The maximum atomic E-state index is 11.2. The van der Waals surface area contributed by atoms with Gasteiger partial charge in [-0.2, -0.15) is 0 Å². The normalized spacial score (nSPS) is 9.93. The third kappa shape index (κ3) is 13.6. The molecule has 0 spiro atoms. The van der Waals surface area contributed by atoms with Crippen molar-refractivity contribution in [2.45, 2.75) is 88.5 Å². The third-order valence-corrected chi connectivity index (χ3v) is 6.26. The number of hydrogen-bond acceptors (Lipinski definition) is 5. The van der Waals surface area contributed by atoms with Gasteiger partial charge in [0.2, 0.25) is 0 Å². The van der Waals surface area contributed by atoms with E-state index in [1.165, 1.54) is 47.6 Å². The SMILES string of the molecule is CC.CC.CC.COC(=O)c1cc([N+](=O)[O-])ccc1C.COc1c(/C=C/c2ccc(C)cc2C)cc(Br)cc1C(C)(C)C. The number of halogens is 1. The van der Waals surface area contributed by atoms with Crippen LogP contribution in [-0.2, 0) is 10.2 Å². The molecule has 0 aromatic heterocycles. The molecule has 0 aliphatic rings. The molecule has 238 valence electrons. The lowest BCUT2D eigenvalue weighted by atomic mass is 9.85. The Labute approximate surface area is 268 Å². The Morgan fingerprint density at radius 2 is 1.37 bits per heavy atom. The summed E-state index contributed by atoms with van der Waals surface area (Å²) in [5.41, 5.74) is 6.88. The highest BCUT2D eigenvalue weighted by atomic mass is 79.9. The maximum Gasteiger partial charge on any atom is 0.338 e. The van der Waals surface area contributed by atoms with Crippen LogP contribution in [-0.4, -0.2) is 25.1 Å². The Morgan fingerprint density at radius 3 is 1.84 bits per heavy atom. The van der Waals surface area contributed by atoms with Gasteiger partial charge in [0.25, 0.3) is 5.69 Å². The van der Waals surface area contributed by atoms with Gasteiger partial charge in [-0.05, 0) is 55.0 Å². The topological polar surface area (TPSA) is 78.7 Å². The zero-order valence-corrected chi connectivity index (χ0v) is 30.2. The third-order valence-electron chi connectivity index (χ3n) is 5.80. The van der Waals surface area contributed by atoms with Crippen molar-refractivity contribution in [2.75, 3.05) is 14.2 Å². The summed E-state index contributed by atoms with van der Waals surface area (Å²) < 4.78 is 11.3. The number of esters is 1. The zero-order chi connectivity index (χ0) is 33.9. The fourth-order valence-electron chi connectivity index (χ4n) is 3.77. The van der Waals surface area contributed by atoms with E-state index in [9.17, 15) is 14.9 Å². The van der Waals surface area contributed by atoms with Crippen LogP contribution in [0.5, 0.6) is 5.75 Å². The number of carbonyl (C=O) groups excluding carboxylic acids is 1. The lowest BCUT2D eigenvalue weighted by Crippen LogP contribution is -2.13. The Hall–Kier alpha value is -3.45. The van der Waals surface area contributed by atoms with Gasteiger partial charge in [0.05, 0.1) is 24.7 Å². The molecule has 3 aromatic carbocycles. The van der Waals surface area contributed by atoms with Crippen molar-refractivity contribution in [3.8, 4) is 5.75 Å². The Bertz CT molecular complexity index is 1320. The largest absolute Gasteiger partial charge is 0.496 e. The Kier molecular flexibility index (Phi) is 20.6. The summed E-state index contributed by atoms with van der Waals surface area (Å²) in [4.78, 5) is 21.0. The van der Waals surface area contributed by atoms with Crippen LogP contribution in [0.4, 0.5) is 5.69 Å². The standard InChI is InChI=1S/C21H25BrO.C9H9NO4.3C2H6/c1-14-7-8-16(15(2)11-14)9-10-17-12-18(22)13-19(20(17)23-6)21(3,4)5;1-6-3-4-7(10(12)13)5-8(6)9(11)14-2;3*1-2/h7-13H,1-6H3;3-5H,1-2H3;3*1-2H3/b10-9+;;;;. The summed E-state index contributed by atoms with van der Waals surface area (Å²) in [5, 5.41) is 10.4. The number of ether oxygens (including phenoxy) is 2. The smallest absolute Gasteiger partial charge is 0.338 e. The van der Waals surface area contributed by atoms with Gasteiger partial charge in [-0.1, -0.05) is 120 Å². The van der Waals surface area contributed by atoms with Crippen molar-refractivity contribution in [2.24, 2.45) is 0 Å². The molecule has 0 aliphatic carbocycles. The summed E-state index contributed by atoms with van der Waals surface area (Å²) in [6, 6.07) is 14.8. The van der Waals surface area contributed by atoms with Crippen molar-refractivity contribution < 1.29 is 19.2 Å². The van der Waals surface area contributed by atoms with Crippen molar-refractivity contribution in [1.82, 2.24) is 0 Å². The first-order chi connectivity index (χ1) is 20.3. The number of carbonyl (C=O) groups is 1. The quantitative estimate of drug-likeness (QED) is 0.118. The average Bonchev–Trinajstić information content (AvgIpc) is 2.99. The molecule has 43 heavy (non-hydrogen) atoms. The fraction of sp³-hybridized carbons (Fsp3) is 0.417. The van der Waals surface area contributed by atoms with E-state index in [-0.39, 0.29) is 16.7 Å². The van der Waals surface area contributed by atoms with E-state index in [1.807, 2.05) is 41.5 Å². The first-order valence-electron chi connectivity index (χ1n) is 14.7. The van der Waals surface area contributed by atoms with Crippen LogP contribution in [0.3, 0.4) is 0 Å². The average molecular weight is 659 g/mol. The molecule has 0 atom stereocenters. The van der Waals surface area contributed by atoms with Crippen molar-refractivity contribution in [1.29, 1.82) is 0 Å². The van der Waals surface area contributed by atoms with Crippen LogP contribution in [0.25, 0.3) is 12.2 Å². The second kappa shape index (κ2) is 21.3. The first-order valence-corrected chi connectivity index (χ1v) is 15.5. The summed E-state index contributed by atoms with van der Waals surface area (Å²) in [6.45, 7) is 24.6. The van der Waals surface area contributed by atoms with Crippen LogP contribution >= 0.6 is 15.9 Å². The second-order valence-corrected chi connectivity index (χ2v) is 10.7. The van der Waals surface area contributed by atoms with Gasteiger partial charge in [0.1, 0.15) is 5.75 Å². The second-order valence-electron chi connectivity index (χ2n) is 9.77. The number of nitro groups is 1. The minimum atomic E-state index is -0.564. The molecule has 0 heterocycles. The van der Waals surface area contributed by atoms with E-state index in [0.29, 0.717) is 5.56 Å². The van der Waals surface area contributed by atoms with Crippen LogP contribution < -0.4 is 4.74 Å². The van der Waals surface area contributed by atoms with E-state index in [4.69, 9.17) is 4.74 Å². The van der Waals surface area contributed by atoms with E-state index in [2.05, 4.69) is 97.8 Å². The molecule has 6 nitrogen and oxygen atoms in total. The minimum absolute atomic E-state index is 0.0253. The lowest BCUT2D eigenvalue weighted by molar-refractivity contribution is -0.384. The highest BCUT2D eigenvalue weighted by Crippen LogP contribution is 2.37. The van der Waals surface area contributed by atoms with Gasteiger partial charge in [-0.15, -0.1) is 0 Å². The number of aryl methyl sites for hydroxylation is 3. The van der Waals surface area contributed by atoms with Crippen LogP contribution in [0.1, 0.15) is 106 Å². The number of nitro benzene ring substituents is 1. The molecule has 7 heteroatoms. The number of nitrogens with zero attached hydrogens (tertiary/aromatic N) is 1. The summed E-state index contributed by atoms with van der Waals surface area (Å²) in [5.74, 6) is 0.382. The predicted molar refractivity (Wildman–Crippen MR) is 187 cm³/mol. The minimum Gasteiger partial charge on any atom is -0.496 e. The van der Waals surface area contributed by atoms with E-state index in [0.717, 1.165) is 15.8 Å². The summed E-state index contributed by atoms with van der Waals surface area (Å²) in [7, 11) is 2.98. The highest BCUT2D eigenvalue weighted by Gasteiger charge is 2.21. The van der Waals surface area contributed by atoms with E-state index < -0.39 is 10.9 Å². The van der Waals surface area contributed by atoms with E-state index in [1.54, 1.807) is 14.0 Å². The number of benzene rings is 3. The van der Waals surface area contributed by atoms with Gasteiger partial charge in [0, 0.05) is 27.7 Å². The molecule has 0 unspecified atom stereocenters. The highest BCUT2D eigenvalue weighted by molar-refractivity contribution is 9.10. The number of hydrogen-bond donors (Lipinski definition) is 0. The number of methoxy groups -OCH3 is 2. The zero-order valence-electron chi connectivity index (χ0n) is 28.6. The van der Waals surface area contributed by atoms with Crippen molar-refractivity contribution in [3.05, 3.63) is 102 Å². The molecule has 3 rings (SSSR count). The molecule has 0 radical (unpaired) electrons. The molecule has 3 aromatic rings. The van der Waals surface area contributed by atoms with Gasteiger partial charge in [0.15, 0.2) is 0 Å². The summed E-state index contributed by atoms with van der Waals surface area (Å²) in [6.07, 6.45) is 4.29. The van der Waals surface area contributed by atoms with Gasteiger partial charge in [-0.3, -0.25) is 10.1 Å². The molecule has 0 aliphatic heterocycles. The lowest BCUT2D eigenvalue weighted by Gasteiger charge is -2.24. The number of rotatable bonds is 5. The van der Waals surface area contributed by atoms with Crippen molar-refractivity contribution >= 4 is 39.7 Å². The monoisotopic (exact) mass is 657 g/mol. The summed E-state index contributed by atoms with van der Waals surface area (Å²) >= 11 is 3.63. The van der Waals surface area contributed by atoms with Gasteiger partial charge < -0.3 is 9.47 Å². The molecular weight excluding hydrogens is 606 g/mol. The molecule has 0 bridgehead atoms. The van der Waals surface area contributed by atoms with Gasteiger partial charge >= 0.3 is 5.97 Å². The van der Waals surface area contributed by atoms with Crippen molar-refractivity contribution in [3.63, 3.8) is 0 Å². The van der Waals surface area contributed by atoms with E-state index >= 15 is 0 Å².